The second-order valence-corrected chi connectivity index (χ2v) is 9.21. The van der Waals surface area contributed by atoms with Crippen molar-refractivity contribution in [2.24, 2.45) is 0 Å². The summed E-state index contributed by atoms with van der Waals surface area (Å²) in [4.78, 5) is 29.4. The van der Waals surface area contributed by atoms with E-state index in [1.807, 2.05) is 13.8 Å². The summed E-state index contributed by atoms with van der Waals surface area (Å²) in [7, 11) is 0. The number of nitrogens with zero attached hydrogens (tertiary/aromatic N) is 1. The van der Waals surface area contributed by atoms with Crippen molar-refractivity contribution in [2.75, 3.05) is 0 Å². The number of fused-ring (bicyclic) bond motifs is 2. The van der Waals surface area contributed by atoms with Crippen molar-refractivity contribution in [1.82, 2.24) is 14.9 Å². The van der Waals surface area contributed by atoms with Crippen molar-refractivity contribution in [3.8, 4) is 0 Å². The highest BCUT2D eigenvalue weighted by atomic mass is 19.3. The van der Waals surface area contributed by atoms with Crippen LogP contribution < -0.4 is 10.9 Å². The van der Waals surface area contributed by atoms with Crippen molar-refractivity contribution < 1.29 is 13.6 Å². The van der Waals surface area contributed by atoms with Gasteiger partial charge < -0.3 is 14.9 Å². The van der Waals surface area contributed by atoms with Gasteiger partial charge in [-0.2, -0.15) is 0 Å². The highest BCUT2D eigenvalue weighted by Gasteiger charge is 2.42. The second kappa shape index (κ2) is 6.52. The van der Waals surface area contributed by atoms with Crippen LogP contribution in [0.5, 0.6) is 0 Å². The Kier molecular flexibility index (Phi) is 4.20. The first-order valence-corrected chi connectivity index (χ1v) is 10.7. The molecule has 1 amide bonds. The minimum atomic E-state index is -2.82. The van der Waals surface area contributed by atoms with Gasteiger partial charge in [0.1, 0.15) is 0 Å². The summed E-state index contributed by atoms with van der Waals surface area (Å²) in [6, 6.07) is 4.44. The number of H-pyrrole nitrogens is 1. The van der Waals surface area contributed by atoms with Crippen LogP contribution in [0.2, 0.25) is 0 Å². The number of aryl methyl sites for hydroxylation is 1. The molecule has 3 aromatic rings. The van der Waals surface area contributed by atoms with Gasteiger partial charge in [0.15, 0.2) is 0 Å². The highest BCUT2D eigenvalue weighted by Crippen LogP contribution is 2.44. The Morgan fingerprint density at radius 3 is 2.71 bits per heavy atom. The number of carbonyl (C=O) groups excluding carboxylic acids is 1. The quantitative estimate of drug-likeness (QED) is 0.638. The van der Waals surface area contributed by atoms with Gasteiger partial charge in [-0.3, -0.25) is 9.59 Å². The molecule has 162 valence electrons. The van der Waals surface area contributed by atoms with Crippen LogP contribution >= 0.6 is 0 Å². The van der Waals surface area contributed by atoms with E-state index in [2.05, 4.69) is 10.3 Å². The number of alkyl halides is 2. The zero-order valence-electron chi connectivity index (χ0n) is 17.8. The number of nitrogens with one attached hydrogen (secondary N) is 2. The van der Waals surface area contributed by atoms with Crippen molar-refractivity contribution in [1.29, 1.82) is 0 Å². The van der Waals surface area contributed by atoms with Gasteiger partial charge in [-0.1, -0.05) is 18.2 Å². The van der Waals surface area contributed by atoms with E-state index >= 15 is 0 Å². The molecule has 2 aliphatic carbocycles. The number of rotatable bonds is 4. The molecule has 5 rings (SSSR count). The number of benzene rings is 1. The third-order valence-electron chi connectivity index (χ3n) is 6.95. The van der Waals surface area contributed by atoms with Gasteiger partial charge in [0.05, 0.1) is 22.5 Å². The molecule has 1 saturated carbocycles. The summed E-state index contributed by atoms with van der Waals surface area (Å²) < 4.78 is 30.0. The van der Waals surface area contributed by atoms with Gasteiger partial charge in [-0.15, -0.1) is 0 Å². The molecule has 5 nitrogen and oxygen atoms in total. The Balaban J connectivity index is 1.53. The molecule has 2 heterocycles. The lowest BCUT2D eigenvalue weighted by Gasteiger charge is -2.20. The van der Waals surface area contributed by atoms with E-state index in [4.69, 9.17) is 0 Å². The Bertz CT molecular complexity index is 1280. The number of hydrogen-bond acceptors (Lipinski definition) is 2. The molecular weight excluding hydrogens is 400 g/mol. The van der Waals surface area contributed by atoms with Crippen LogP contribution in [0, 0.1) is 6.92 Å². The molecule has 1 fully saturated rings. The number of pyridine rings is 1. The van der Waals surface area contributed by atoms with Gasteiger partial charge in [0, 0.05) is 29.9 Å². The van der Waals surface area contributed by atoms with Crippen LogP contribution in [0.15, 0.2) is 35.4 Å². The molecule has 0 radical (unpaired) electrons. The molecule has 0 bridgehead atoms. The van der Waals surface area contributed by atoms with E-state index in [9.17, 15) is 18.4 Å². The predicted molar refractivity (Wildman–Crippen MR) is 115 cm³/mol. The van der Waals surface area contributed by atoms with E-state index < -0.39 is 12.0 Å². The SMILES string of the molecule is Cc1c[nH]c2c(C(=O)NC(C)c3cccc4c3CCC4(F)F)cn(C3(C)CC3)c(=O)c12. The molecule has 0 aliphatic heterocycles. The normalized spacial score (nSPS) is 19.3. The van der Waals surface area contributed by atoms with Crippen LogP contribution in [-0.4, -0.2) is 15.5 Å². The Labute approximate surface area is 178 Å². The van der Waals surface area contributed by atoms with Gasteiger partial charge in [-0.05, 0) is 56.7 Å². The third-order valence-corrected chi connectivity index (χ3v) is 6.95. The molecule has 1 unspecified atom stereocenters. The standard InChI is InChI=1S/C24H25F2N3O2/c1-13-11-27-20-17(12-29(22(31)19(13)20)23(3)9-10-23)21(30)28-14(2)15-5-4-6-18-16(15)7-8-24(18,25)26/h4-6,11-12,14,27H,7-10H2,1-3H3,(H,28,30). The second-order valence-electron chi connectivity index (χ2n) is 9.21. The average molecular weight is 425 g/mol. The number of carbonyl (C=O) groups is 1. The lowest BCUT2D eigenvalue weighted by molar-refractivity contribution is -0.00185. The molecule has 2 aromatic heterocycles. The number of aromatic amines is 1. The summed E-state index contributed by atoms with van der Waals surface area (Å²) in [5.41, 5.74) is 2.73. The van der Waals surface area contributed by atoms with Crippen molar-refractivity contribution >= 4 is 16.8 Å². The predicted octanol–water partition coefficient (Wildman–Crippen LogP) is 4.68. The smallest absolute Gasteiger partial charge is 0.273 e. The maximum atomic E-state index is 14.2. The number of amides is 1. The van der Waals surface area contributed by atoms with E-state index in [1.54, 1.807) is 36.0 Å². The van der Waals surface area contributed by atoms with Crippen LogP contribution in [0.1, 0.15) is 71.8 Å². The Morgan fingerprint density at radius 1 is 1.26 bits per heavy atom. The summed E-state index contributed by atoms with van der Waals surface area (Å²) in [6.07, 6.45) is 5.25. The zero-order valence-corrected chi connectivity index (χ0v) is 17.8. The van der Waals surface area contributed by atoms with Crippen molar-refractivity contribution in [3.63, 3.8) is 0 Å². The van der Waals surface area contributed by atoms with Gasteiger partial charge >= 0.3 is 0 Å². The fraction of sp³-hybridized carbons (Fsp3) is 0.417. The van der Waals surface area contributed by atoms with Crippen LogP contribution in [0.4, 0.5) is 8.78 Å². The Hall–Kier alpha value is -2.96. The molecule has 0 spiro atoms. The summed E-state index contributed by atoms with van der Waals surface area (Å²) >= 11 is 0. The molecule has 7 heteroatoms. The third kappa shape index (κ3) is 3.01. The molecule has 2 N–H and O–H groups in total. The van der Waals surface area contributed by atoms with Gasteiger partial charge in [0.25, 0.3) is 17.4 Å². The molecule has 31 heavy (non-hydrogen) atoms. The zero-order chi connectivity index (χ0) is 22.1. The molecular formula is C24H25F2N3O2. The van der Waals surface area contributed by atoms with Crippen LogP contribution in [0.25, 0.3) is 10.9 Å². The molecule has 2 aliphatic rings. The fourth-order valence-electron chi connectivity index (χ4n) is 4.78. The number of hydrogen-bond donors (Lipinski definition) is 2. The van der Waals surface area contributed by atoms with Crippen LogP contribution in [-0.2, 0) is 17.9 Å². The summed E-state index contributed by atoms with van der Waals surface area (Å²) in [5, 5.41) is 3.49. The van der Waals surface area contributed by atoms with Gasteiger partial charge in [0.2, 0.25) is 0 Å². The lowest BCUT2D eigenvalue weighted by Crippen LogP contribution is -2.32. The molecule has 1 aromatic carbocycles. The average Bonchev–Trinajstić information content (AvgIpc) is 3.22. The highest BCUT2D eigenvalue weighted by molar-refractivity contribution is 6.06. The minimum Gasteiger partial charge on any atom is -0.360 e. The first-order chi connectivity index (χ1) is 14.6. The first kappa shape index (κ1) is 20.0. The van der Waals surface area contributed by atoms with E-state index in [-0.39, 0.29) is 29.0 Å². The van der Waals surface area contributed by atoms with Crippen LogP contribution in [0.3, 0.4) is 0 Å². The minimum absolute atomic E-state index is 0.0590. The van der Waals surface area contributed by atoms with Crippen molar-refractivity contribution in [3.05, 3.63) is 68.8 Å². The number of halogens is 2. The molecule has 1 atom stereocenters. The Morgan fingerprint density at radius 2 is 2.00 bits per heavy atom. The summed E-state index contributed by atoms with van der Waals surface area (Å²) in [6.45, 7) is 5.66. The fourth-order valence-corrected chi connectivity index (χ4v) is 4.78. The summed E-state index contributed by atoms with van der Waals surface area (Å²) in [5.74, 6) is -3.15. The molecule has 0 saturated heterocycles. The van der Waals surface area contributed by atoms with Crippen molar-refractivity contribution in [2.45, 2.75) is 64.0 Å². The monoisotopic (exact) mass is 425 g/mol. The largest absolute Gasteiger partial charge is 0.360 e. The van der Waals surface area contributed by atoms with E-state index in [0.29, 0.717) is 34.0 Å². The lowest BCUT2D eigenvalue weighted by atomic mass is 9.97. The van der Waals surface area contributed by atoms with Gasteiger partial charge in [-0.25, -0.2) is 8.78 Å². The first-order valence-electron chi connectivity index (χ1n) is 10.7. The maximum Gasteiger partial charge on any atom is 0.273 e. The van der Waals surface area contributed by atoms with E-state index in [0.717, 1.165) is 18.4 Å². The van der Waals surface area contributed by atoms with E-state index in [1.165, 1.54) is 6.07 Å². The number of aromatic nitrogens is 2. The topological polar surface area (TPSA) is 66.9 Å². The maximum absolute atomic E-state index is 14.2.